The number of amides is 7. The van der Waals surface area contributed by atoms with Crippen LogP contribution in [0.15, 0.2) is 60.9 Å². The number of nitrogens with two attached hydrogens (primary N) is 2. The summed E-state index contributed by atoms with van der Waals surface area (Å²) in [6.45, 7) is 3.24. The summed E-state index contributed by atoms with van der Waals surface area (Å²) in [6, 6.07) is 6.46. The van der Waals surface area contributed by atoms with E-state index in [0.717, 1.165) is 27.4 Å². The highest BCUT2D eigenvalue weighted by atomic mass is 16.4. The number of aromatic nitrogens is 2. The Morgan fingerprint density at radius 3 is 1.73 bits per heavy atom. The topological polar surface area (TPSA) is 315 Å². The summed E-state index contributed by atoms with van der Waals surface area (Å²) in [5.41, 5.74) is 14.8. The quantitative estimate of drug-likeness (QED) is 0.0534. The van der Waals surface area contributed by atoms with Gasteiger partial charge in [-0.15, -0.1) is 0 Å². The SMILES string of the molecule is CC(C)C[C@H](NC(=O)[C@H](Cc1c[nH]c2ccccc12)NC(=O)[C@H](CO)NC(=O)[C@@H]1CCCN1C(=O)[C@@H](N)Cc1c[nH]c2ccccc12)C(=O)N1CCC[C@H]1C(=O)N[C@@H](CCC(N)=O)C(=O)O. The predicted molar refractivity (Wildman–Crippen MR) is 242 cm³/mol. The number of para-hydroxylation sites is 2. The van der Waals surface area contributed by atoms with Gasteiger partial charge in [-0.3, -0.25) is 33.6 Å². The summed E-state index contributed by atoms with van der Waals surface area (Å²) in [5, 5.41) is 32.3. The zero-order valence-corrected chi connectivity index (χ0v) is 37.1. The van der Waals surface area contributed by atoms with Crippen LogP contribution in [0, 0.1) is 5.92 Å². The maximum atomic E-state index is 14.4. The van der Waals surface area contributed by atoms with Crippen molar-refractivity contribution in [3.63, 3.8) is 0 Å². The molecule has 12 N–H and O–H groups in total. The number of carbonyl (C=O) groups excluding carboxylic acids is 7. The molecule has 4 heterocycles. The molecule has 7 amide bonds. The number of primary amides is 1. The first-order valence-electron chi connectivity index (χ1n) is 22.4. The number of likely N-dealkylation sites (tertiary alicyclic amines) is 2. The van der Waals surface area contributed by atoms with Crippen LogP contribution >= 0.6 is 0 Å². The molecule has 2 saturated heterocycles. The molecular weight excluding hydrogens is 853 g/mol. The van der Waals surface area contributed by atoms with Gasteiger partial charge in [-0.1, -0.05) is 50.2 Å². The smallest absolute Gasteiger partial charge is 0.326 e. The number of aromatic amines is 2. The Balaban J connectivity index is 1.16. The average Bonchev–Trinajstić information content (AvgIpc) is 4.13. The lowest BCUT2D eigenvalue weighted by Gasteiger charge is -2.31. The molecular formula is C46H60N10O10. The van der Waals surface area contributed by atoms with Crippen LogP contribution in [0.4, 0.5) is 0 Å². The van der Waals surface area contributed by atoms with Crippen LogP contribution in [0.25, 0.3) is 21.8 Å². The Morgan fingerprint density at radius 2 is 1.20 bits per heavy atom. The van der Waals surface area contributed by atoms with E-state index in [9.17, 15) is 48.6 Å². The number of nitrogens with zero attached hydrogens (tertiary/aromatic N) is 2. The molecule has 0 radical (unpaired) electrons. The van der Waals surface area contributed by atoms with Crippen molar-refractivity contribution in [1.29, 1.82) is 0 Å². The number of aliphatic hydroxyl groups is 1. The van der Waals surface area contributed by atoms with Gasteiger partial charge in [0.05, 0.1) is 12.6 Å². The molecule has 2 aliphatic heterocycles. The molecule has 20 heteroatoms. The van der Waals surface area contributed by atoms with Crippen LogP contribution < -0.4 is 32.7 Å². The Hall–Kier alpha value is -6.80. The largest absolute Gasteiger partial charge is 0.480 e. The van der Waals surface area contributed by atoms with Gasteiger partial charge in [-0.2, -0.15) is 0 Å². The van der Waals surface area contributed by atoms with E-state index in [1.807, 2.05) is 62.4 Å². The number of fused-ring (bicyclic) bond motifs is 2. The lowest BCUT2D eigenvalue weighted by molar-refractivity contribution is -0.145. The Bertz CT molecular complexity index is 2430. The van der Waals surface area contributed by atoms with Crippen molar-refractivity contribution in [3.8, 4) is 0 Å². The minimum atomic E-state index is -1.54. The summed E-state index contributed by atoms with van der Waals surface area (Å²) in [4.78, 5) is 116. The molecule has 6 rings (SSSR count). The van der Waals surface area contributed by atoms with Crippen LogP contribution in [-0.2, 0) is 51.2 Å². The molecule has 2 fully saturated rings. The summed E-state index contributed by atoms with van der Waals surface area (Å²) in [7, 11) is 0. The highest BCUT2D eigenvalue weighted by Crippen LogP contribution is 2.25. The number of benzene rings is 2. The normalized spacial score (nSPS) is 18.4. The Kier molecular flexibility index (Phi) is 16.2. The minimum Gasteiger partial charge on any atom is -0.480 e. The summed E-state index contributed by atoms with van der Waals surface area (Å²) < 4.78 is 0. The Labute approximate surface area is 380 Å². The number of hydrogen-bond acceptors (Lipinski definition) is 10. The fourth-order valence-electron chi connectivity index (χ4n) is 8.89. The maximum Gasteiger partial charge on any atom is 0.326 e. The molecule has 4 aromatic rings. The van der Waals surface area contributed by atoms with Crippen molar-refractivity contribution in [2.75, 3.05) is 19.7 Å². The summed E-state index contributed by atoms with van der Waals surface area (Å²) in [6.07, 6.45) is 4.69. The Morgan fingerprint density at radius 1 is 0.697 bits per heavy atom. The van der Waals surface area contributed by atoms with Gasteiger partial charge in [0.15, 0.2) is 0 Å². The first-order valence-corrected chi connectivity index (χ1v) is 22.4. The first-order chi connectivity index (χ1) is 31.6. The van der Waals surface area contributed by atoms with Crippen LogP contribution in [0.1, 0.15) is 69.9 Å². The van der Waals surface area contributed by atoms with Crippen molar-refractivity contribution in [3.05, 3.63) is 72.1 Å². The van der Waals surface area contributed by atoms with E-state index in [-0.39, 0.29) is 57.5 Å². The molecule has 0 bridgehead atoms. The third kappa shape index (κ3) is 11.7. The van der Waals surface area contributed by atoms with Gasteiger partial charge >= 0.3 is 5.97 Å². The van der Waals surface area contributed by atoms with Gasteiger partial charge in [0, 0.05) is 60.1 Å². The van der Waals surface area contributed by atoms with Gasteiger partial charge in [0.2, 0.25) is 41.4 Å². The molecule has 66 heavy (non-hydrogen) atoms. The second-order valence-corrected chi connectivity index (χ2v) is 17.5. The second kappa shape index (κ2) is 21.9. The minimum absolute atomic E-state index is 0.0773. The van der Waals surface area contributed by atoms with E-state index < -0.39 is 96.2 Å². The van der Waals surface area contributed by atoms with Crippen molar-refractivity contribution in [1.82, 2.24) is 41.0 Å². The number of rotatable bonds is 21. The zero-order chi connectivity index (χ0) is 47.7. The number of aliphatic carboxylic acids is 1. The molecule has 20 nitrogen and oxygen atoms in total. The zero-order valence-electron chi connectivity index (χ0n) is 37.1. The number of nitrogens with one attached hydrogen (secondary N) is 6. The van der Waals surface area contributed by atoms with Gasteiger partial charge in [0.25, 0.3) is 0 Å². The van der Waals surface area contributed by atoms with Crippen LogP contribution in [0.3, 0.4) is 0 Å². The molecule has 7 atom stereocenters. The third-order valence-electron chi connectivity index (χ3n) is 12.3. The van der Waals surface area contributed by atoms with E-state index in [4.69, 9.17) is 11.5 Å². The fraction of sp³-hybridized carbons (Fsp3) is 0.478. The molecule has 2 aromatic carbocycles. The molecule has 0 saturated carbocycles. The van der Waals surface area contributed by atoms with Crippen molar-refractivity contribution >= 4 is 69.1 Å². The number of hydrogen-bond donors (Lipinski definition) is 10. The molecule has 2 aliphatic rings. The van der Waals surface area contributed by atoms with Crippen molar-refractivity contribution in [2.45, 2.75) is 114 Å². The highest BCUT2D eigenvalue weighted by molar-refractivity contribution is 5.98. The fourth-order valence-corrected chi connectivity index (χ4v) is 8.89. The highest BCUT2D eigenvalue weighted by Gasteiger charge is 2.41. The predicted octanol–water partition coefficient (Wildman–Crippen LogP) is 0.0714. The molecule has 0 spiro atoms. The molecule has 354 valence electrons. The van der Waals surface area contributed by atoms with Gasteiger partial charge in [-0.25, -0.2) is 4.79 Å². The number of H-pyrrole nitrogens is 2. The number of carboxylic acid groups (broad SMARTS) is 1. The first kappa shape index (κ1) is 48.7. The molecule has 2 aromatic heterocycles. The van der Waals surface area contributed by atoms with Crippen molar-refractivity contribution < 1.29 is 48.6 Å². The lowest BCUT2D eigenvalue weighted by atomic mass is 9.99. The van der Waals surface area contributed by atoms with Gasteiger partial charge in [0.1, 0.15) is 36.3 Å². The van der Waals surface area contributed by atoms with E-state index in [2.05, 4.69) is 31.2 Å². The van der Waals surface area contributed by atoms with Crippen LogP contribution in [0.2, 0.25) is 0 Å². The van der Waals surface area contributed by atoms with Crippen LogP contribution in [-0.4, -0.2) is 139 Å². The molecule has 0 unspecified atom stereocenters. The second-order valence-electron chi connectivity index (χ2n) is 17.5. The third-order valence-corrected chi connectivity index (χ3v) is 12.3. The van der Waals surface area contributed by atoms with Crippen molar-refractivity contribution in [2.24, 2.45) is 17.4 Å². The number of carboxylic acids is 1. The van der Waals surface area contributed by atoms with E-state index in [1.165, 1.54) is 9.80 Å². The number of carbonyl (C=O) groups is 8. The van der Waals surface area contributed by atoms with E-state index in [1.54, 1.807) is 12.4 Å². The monoisotopic (exact) mass is 912 g/mol. The van der Waals surface area contributed by atoms with E-state index in [0.29, 0.717) is 24.8 Å². The molecule has 0 aliphatic carbocycles. The van der Waals surface area contributed by atoms with E-state index >= 15 is 0 Å². The standard InChI is InChI=1S/C46H60N10O10/c1-25(2)19-35(45(64)56-18-8-14-38(56)42(61)51-33(46(65)66)15-16-39(48)58)53-40(59)34(21-27-23-50-32-12-6-4-10-29(27)32)52-41(60)36(24-57)54-43(62)37-13-7-17-55(37)44(63)30(47)20-26-22-49-31-11-5-3-9-28(26)31/h3-6,9-12,22-23,25,30,33-38,49-50,57H,7-8,13-21,24,47H2,1-2H3,(H2,48,58)(H,51,61)(H,52,60)(H,53,59)(H,54,62)(H,65,66)/t30-,33-,34-,35-,36-,37-,38-/m0/s1. The average molecular weight is 913 g/mol. The lowest BCUT2D eigenvalue weighted by Crippen LogP contribution is -2.60. The summed E-state index contributed by atoms with van der Waals surface area (Å²) in [5.74, 6) is -6.34. The number of aliphatic hydroxyl groups excluding tert-OH is 1. The maximum absolute atomic E-state index is 14.4. The van der Waals surface area contributed by atoms with Gasteiger partial charge in [-0.05, 0) is 74.1 Å². The van der Waals surface area contributed by atoms with Crippen LogP contribution in [0.5, 0.6) is 0 Å². The summed E-state index contributed by atoms with van der Waals surface area (Å²) >= 11 is 0. The van der Waals surface area contributed by atoms with Gasteiger partial charge < -0.3 is 62.7 Å².